The largest absolute Gasteiger partial charge is 0.419 e. The zero-order valence-corrected chi connectivity index (χ0v) is 19.8. The molecule has 2 aromatic rings. The van der Waals surface area contributed by atoms with Crippen LogP contribution in [0.4, 0.5) is 32.3 Å². The van der Waals surface area contributed by atoms with Gasteiger partial charge in [-0.2, -0.15) is 31.4 Å². The number of sulfonamides is 1. The molecule has 2 fully saturated rings. The first-order valence-corrected chi connectivity index (χ1v) is 12.8. The van der Waals surface area contributed by atoms with Crippen LogP contribution in [0.25, 0.3) is 11.3 Å². The minimum atomic E-state index is -4.84. The Bertz CT molecular complexity index is 1150. The van der Waals surface area contributed by atoms with Gasteiger partial charge >= 0.3 is 12.4 Å². The number of rotatable bonds is 6. The van der Waals surface area contributed by atoms with Crippen molar-refractivity contribution in [3.63, 3.8) is 0 Å². The number of hydrogen-bond acceptors (Lipinski definition) is 7. The van der Waals surface area contributed by atoms with E-state index in [0.29, 0.717) is 49.7 Å². The molecule has 2 aliphatic rings. The summed E-state index contributed by atoms with van der Waals surface area (Å²) in [7, 11) is -3.44. The third kappa shape index (κ3) is 6.26. The summed E-state index contributed by atoms with van der Waals surface area (Å²) in [6, 6.07) is -0.290. The van der Waals surface area contributed by atoms with Crippen LogP contribution in [0.1, 0.15) is 31.2 Å². The highest BCUT2D eigenvalue weighted by Crippen LogP contribution is 2.36. The second-order valence-electron chi connectivity index (χ2n) is 8.81. The highest BCUT2D eigenvalue weighted by molar-refractivity contribution is 7.89. The van der Waals surface area contributed by atoms with Gasteiger partial charge in [-0.1, -0.05) is 0 Å². The maximum Gasteiger partial charge on any atom is 0.419 e. The van der Waals surface area contributed by atoms with Crippen LogP contribution in [0.3, 0.4) is 0 Å². The number of hydrogen-bond donors (Lipinski definition) is 2. The Morgan fingerprint density at radius 2 is 1.69 bits per heavy atom. The molecular weight excluding hydrogens is 516 g/mol. The number of aromatic nitrogens is 4. The van der Waals surface area contributed by atoms with Crippen molar-refractivity contribution in [1.82, 2.24) is 29.4 Å². The van der Waals surface area contributed by atoms with Crippen LogP contribution in [-0.4, -0.2) is 76.1 Å². The highest BCUT2D eigenvalue weighted by atomic mass is 32.2. The van der Waals surface area contributed by atoms with Gasteiger partial charge in [-0.25, -0.2) is 22.7 Å². The van der Waals surface area contributed by atoms with Crippen LogP contribution in [0.5, 0.6) is 0 Å². The SMILES string of the molecule is O=S(=O)(C1CCNCC1)N1CCC(Nc2ncc(C(F)(F)F)c(-c3cnn(CC(F)(F)F)c3)n2)CC1. The molecule has 200 valence electrons. The van der Waals surface area contributed by atoms with Crippen molar-refractivity contribution in [1.29, 1.82) is 0 Å². The van der Waals surface area contributed by atoms with Crippen molar-refractivity contribution in [2.24, 2.45) is 0 Å². The molecule has 0 radical (unpaired) electrons. The summed E-state index contributed by atoms with van der Waals surface area (Å²) < 4.78 is 106. The third-order valence-electron chi connectivity index (χ3n) is 6.20. The molecular formula is C20H25F6N7O2S. The fraction of sp³-hybridized carbons (Fsp3) is 0.650. The molecule has 16 heteroatoms. The molecule has 0 bridgehead atoms. The van der Waals surface area contributed by atoms with E-state index >= 15 is 0 Å². The lowest BCUT2D eigenvalue weighted by Crippen LogP contribution is -2.48. The molecule has 2 N–H and O–H groups in total. The average Bonchev–Trinajstić information content (AvgIpc) is 3.26. The first-order valence-electron chi connectivity index (χ1n) is 11.3. The summed E-state index contributed by atoms with van der Waals surface area (Å²) in [5.41, 5.74) is -2.04. The first-order chi connectivity index (χ1) is 16.8. The minimum Gasteiger partial charge on any atom is -0.351 e. The highest BCUT2D eigenvalue weighted by Gasteiger charge is 2.38. The zero-order valence-electron chi connectivity index (χ0n) is 19.0. The van der Waals surface area contributed by atoms with Crippen molar-refractivity contribution in [2.75, 3.05) is 31.5 Å². The van der Waals surface area contributed by atoms with Gasteiger partial charge in [0.1, 0.15) is 12.1 Å². The summed E-state index contributed by atoms with van der Waals surface area (Å²) in [4.78, 5) is 7.68. The predicted molar refractivity (Wildman–Crippen MR) is 117 cm³/mol. The zero-order chi connectivity index (χ0) is 26.1. The molecule has 0 atom stereocenters. The van der Waals surface area contributed by atoms with Gasteiger partial charge in [-0.15, -0.1) is 0 Å². The summed E-state index contributed by atoms with van der Waals surface area (Å²) in [5, 5.41) is 9.14. The molecule has 0 amide bonds. The molecule has 4 rings (SSSR count). The Labute approximate surface area is 203 Å². The molecule has 2 aromatic heterocycles. The van der Waals surface area contributed by atoms with Gasteiger partial charge < -0.3 is 10.6 Å². The molecule has 36 heavy (non-hydrogen) atoms. The Hall–Kier alpha value is -2.46. The lowest BCUT2D eigenvalue weighted by Gasteiger charge is -2.35. The van der Waals surface area contributed by atoms with Gasteiger partial charge in [0.05, 0.1) is 17.1 Å². The van der Waals surface area contributed by atoms with E-state index in [2.05, 4.69) is 25.7 Å². The maximum absolute atomic E-state index is 13.5. The van der Waals surface area contributed by atoms with Crippen LogP contribution in [0.2, 0.25) is 0 Å². The van der Waals surface area contributed by atoms with Crippen LogP contribution >= 0.6 is 0 Å². The molecule has 2 aliphatic heterocycles. The van der Waals surface area contributed by atoms with Gasteiger partial charge in [-0.3, -0.25) is 4.68 Å². The molecule has 0 aliphatic carbocycles. The first kappa shape index (κ1) is 26.6. The Balaban J connectivity index is 1.47. The maximum atomic E-state index is 13.5. The van der Waals surface area contributed by atoms with E-state index in [0.717, 1.165) is 12.4 Å². The number of halogens is 6. The summed E-state index contributed by atoms with van der Waals surface area (Å²) in [6.45, 7) is 0.335. The molecule has 2 saturated heterocycles. The fourth-order valence-corrected chi connectivity index (χ4v) is 6.35. The predicted octanol–water partition coefficient (Wildman–Crippen LogP) is 2.88. The normalized spacial score (nSPS) is 19.5. The topological polar surface area (TPSA) is 105 Å². The van der Waals surface area contributed by atoms with Gasteiger partial charge in [0, 0.05) is 37.1 Å². The molecule has 0 aromatic carbocycles. The van der Waals surface area contributed by atoms with Crippen LogP contribution in [0.15, 0.2) is 18.6 Å². The van der Waals surface area contributed by atoms with Crippen LogP contribution < -0.4 is 10.6 Å². The fourth-order valence-electron chi connectivity index (χ4n) is 4.38. The second kappa shape index (κ2) is 10.1. The average molecular weight is 542 g/mol. The third-order valence-corrected chi connectivity index (χ3v) is 8.60. The second-order valence-corrected chi connectivity index (χ2v) is 11.0. The van der Waals surface area contributed by atoms with Crippen LogP contribution in [-0.2, 0) is 22.7 Å². The number of anilines is 1. The molecule has 4 heterocycles. The molecule has 9 nitrogen and oxygen atoms in total. The van der Waals surface area contributed by atoms with Gasteiger partial charge in [0.25, 0.3) is 0 Å². The Morgan fingerprint density at radius 3 is 2.31 bits per heavy atom. The van der Waals surface area contributed by atoms with Crippen LogP contribution in [0, 0.1) is 0 Å². The van der Waals surface area contributed by atoms with Gasteiger partial charge in [0.2, 0.25) is 16.0 Å². The van der Waals surface area contributed by atoms with Gasteiger partial charge in [-0.05, 0) is 38.8 Å². The van der Waals surface area contributed by atoms with Crippen molar-refractivity contribution >= 4 is 16.0 Å². The van der Waals surface area contributed by atoms with Crippen molar-refractivity contribution in [3.8, 4) is 11.3 Å². The number of piperidine rings is 2. The monoisotopic (exact) mass is 541 g/mol. The smallest absolute Gasteiger partial charge is 0.351 e. The molecule has 0 spiro atoms. The number of nitrogens with one attached hydrogen (secondary N) is 2. The molecule has 0 saturated carbocycles. The minimum absolute atomic E-state index is 0.138. The Kier molecular flexibility index (Phi) is 7.48. The summed E-state index contributed by atoms with van der Waals surface area (Å²) in [6.07, 6.45) is -5.25. The lowest BCUT2D eigenvalue weighted by molar-refractivity contribution is -0.142. The van der Waals surface area contributed by atoms with E-state index in [4.69, 9.17) is 0 Å². The van der Waals surface area contributed by atoms with Crippen molar-refractivity contribution in [2.45, 2.75) is 55.9 Å². The van der Waals surface area contributed by atoms with E-state index in [1.807, 2.05) is 0 Å². The number of nitrogens with zero attached hydrogens (tertiary/aromatic N) is 5. The summed E-state index contributed by atoms with van der Waals surface area (Å²) in [5.74, 6) is -0.138. The van der Waals surface area contributed by atoms with Gasteiger partial charge in [0.15, 0.2) is 0 Å². The number of alkyl halides is 6. The molecule has 0 unspecified atom stereocenters. The van der Waals surface area contributed by atoms with E-state index in [1.165, 1.54) is 4.31 Å². The Morgan fingerprint density at radius 1 is 1.03 bits per heavy atom. The van der Waals surface area contributed by atoms with E-state index in [-0.39, 0.29) is 30.6 Å². The van der Waals surface area contributed by atoms with Crippen molar-refractivity contribution < 1.29 is 34.8 Å². The van der Waals surface area contributed by atoms with E-state index < -0.39 is 45.4 Å². The lowest BCUT2D eigenvalue weighted by atomic mass is 10.1. The quantitative estimate of drug-likeness (QED) is 0.542. The van der Waals surface area contributed by atoms with Crippen molar-refractivity contribution in [3.05, 3.63) is 24.2 Å². The van der Waals surface area contributed by atoms with E-state index in [1.54, 1.807) is 0 Å². The summed E-state index contributed by atoms with van der Waals surface area (Å²) >= 11 is 0. The standard InChI is InChI=1S/C20H25F6N7O2S/c21-19(22,23)12-32-11-13(9-29-32)17-16(20(24,25)26)10-28-18(31-17)30-14-3-7-33(8-4-14)36(34,35)15-1-5-27-6-2-15/h9-11,14-15,27H,1-8,12H2,(H,28,30,31). The van der Waals surface area contributed by atoms with E-state index in [9.17, 15) is 34.8 Å².